The van der Waals surface area contributed by atoms with Gasteiger partial charge in [-0.1, -0.05) is 30.9 Å². The standard InChI is InChI=1S/C18H26ClN3O3/c1-22(11-12-25-16-9-7-14(19)8-10-16)13-17(23)21-18(24)20-15-5-3-2-4-6-15/h7-10,15H,2-6,11-13H2,1H3,(H2,20,21,23,24). The van der Waals surface area contributed by atoms with E-state index in [2.05, 4.69) is 10.6 Å². The van der Waals surface area contributed by atoms with E-state index in [4.69, 9.17) is 16.3 Å². The summed E-state index contributed by atoms with van der Waals surface area (Å²) in [6.45, 7) is 1.15. The second kappa shape index (κ2) is 10.3. The van der Waals surface area contributed by atoms with Gasteiger partial charge in [0, 0.05) is 17.6 Å². The minimum Gasteiger partial charge on any atom is -0.492 e. The molecule has 25 heavy (non-hydrogen) atoms. The van der Waals surface area contributed by atoms with Crippen LogP contribution in [-0.2, 0) is 4.79 Å². The summed E-state index contributed by atoms with van der Waals surface area (Å²) in [4.78, 5) is 25.5. The molecule has 0 bridgehead atoms. The Bertz CT molecular complexity index is 559. The Morgan fingerprint density at radius 2 is 1.88 bits per heavy atom. The normalized spacial score (nSPS) is 15.0. The van der Waals surface area contributed by atoms with Crippen molar-refractivity contribution in [2.75, 3.05) is 26.7 Å². The van der Waals surface area contributed by atoms with Crippen molar-refractivity contribution in [3.05, 3.63) is 29.3 Å². The molecule has 0 aliphatic heterocycles. The zero-order valence-corrected chi connectivity index (χ0v) is 15.3. The lowest BCUT2D eigenvalue weighted by Crippen LogP contribution is -2.47. The van der Waals surface area contributed by atoms with Crippen LogP contribution < -0.4 is 15.4 Å². The van der Waals surface area contributed by atoms with Gasteiger partial charge in [-0.25, -0.2) is 4.79 Å². The number of hydrogen-bond acceptors (Lipinski definition) is 4. The number of halogens is 1. The van der Waals surface area contributed by atoms with E-state index in [0.717, 1.165) is 31.4 Å². The molecule has 0 spiro atoms. The smallest absolute Gasteiger partial charge is 0.321 e. The first kappa shape index (κ1) is 19.5. The van der Waals surface area contributed by atoms with Crippen LogP contribution in [0.5, 0.6) is 5.75 Å². The number of carbonyl (C=O) groups excluding carboxylic acids is 2. The van der Waals surface area contributed by atoms with Crippen LogP contribution in [0.4, 0.5) is 4.79 Å². The van der Waals surface area contributed by atoms with Gasteiger partial charge in [-0.3, -0.25) is 15.0 Å². The number of nitrogens with one attached hydrogen (secondary N) is 2. The Morgan fingerprint density at radius 1 is 1.20 bits per heavy atom. The second-order valence-corrected chi connectivity index (χ2v) is 6.83. The molecule has 2 rings (SSSR count). The van der Waals surface area contributed by atoms with E-state index in [-0.39, 0.29) is 18.5 Å². The molecule has 1 saturated carbocycles. The van der Waals surface area contributed by atoms with Crippen molar-refractivity contribution in [1.29, 1.82) is 0 Å². The first-order valence-corrected chi connectivity index (χ1v) is 9.08. The van der Waals surface area contributed by atoms with Crippen molar-refractivity contribution in [2.45, 2.75) is 38.1 Å². The van der Waals surface area contributed by atoms with E-state index in [1.54, 1.807) is 29.2 Å². The maximum Gasteiger partial charge on any atom is 0.321 e. The van der Waals surface area contributed by atoms with Crippen LogP contribution in [0.15, 0.2) is 24.3 Å². The first-order chi connectivity index (χ1) is 12.0. The highest BCUT2D eigenvalue weighted by molar-refractivity contribution is 6.30. The molecule has 1 aliphatic rings. The number of likely N-dealkylation sites (N-methyl/N-ethyl adjacent to an activating group) is 1. The number of benzene rings is 1. The number of imide groups is 1. The van der Waals surface area contributed by atoms with E-state index in [1.807, 2.05) is 7.05 Å². The third kappa shape index (κ3) is 7.75. The molecule has 1 fully saturated rings. The van der Waals surface area contributed by atoms with Gasteiger partial charge in [0.05, 0.1) is 6.54 Å². The number of rotatable bonds is 7. The number of nitrogens with zero attached hydrogens (tertiary/aromatic N) is 1. The van der Waals surface area contributed by atoms with Crippen LogP contribution in [0.25, 0.3) is 0 Å². The fourth-order valence-corrected chi connectivity index (χ4v) is 2.93. The Balaban J connectivity index is 1.60. The number of carbonyl (C=O) groups is 2. The van der Waals surface area contributed by atoms with Gasteiger partial charge in [0.25, 0.3) is 0 Å². The van der Waals surface area contributed by atoms with Gasteiger partial charge in [0.2, 0.25) is 5.91 Å². The Morgan fingerprint density at radius 3 is 2.56 bits per heavy atom. The minimum atomic E-state index is -0.400. The highest BCUT2D eigenvalue weighted by Crippen LogP contribution is 2.17. The number of hydrogen-bond donors (Lipinski definition) is 2. The Kier molecular flexibility index (Phi) is 8.01. The molecule has 0 unspecified atom stereocenters. The third-order valence-corrected chi connectivity index (χ3v) is 4.41. The zero-order chi connectivity index (χ0) is 18.1. The van der Waals surface area contributed by atoms with E-state index in [1.165, 1.54) is 6.42 Å². The van der Waals surface area contributed by atoms with Crippen molar-refractivity contribution >= 4 is 23.5 Å². The predicted octanol–water partition coefficient (Wildman–Crippen LogP) is 2.81. The average molecular weight is 368 g/mol. The molecule has 0 heterocycles. The van der Waals surface area contributed by atoms with E-state index in [9.17, 15) is 9.59 Å². The van der Waals surface area contributed by atoms with Crippen molar-refractivity contribution in [2.24, 2.45) is 0 Å². The lowest BCUT2D eigenvalue weighted by atomic mass is 9.96. The van der Waals surface area contributed by atoms with Gasteiger partial charge in [0.15, 0.2) is 0 Å². The molecule has 0 atom stereocenters. The summed E-state index contributed by atoms with van der Waals surface area (Å²) in [5.41, 5.74) is 0. The summed E-state index contributed by atoms with van der Waals surface area (Å²) >= 11 is 5.82. The van der Waals surface area contributed by atoms with Gasteiger partial charge in [0.1, 0.15) is 12.4 Å². The van der Waals surface area contributed by atoms with Crippen molar-refractivity contribution in [3.8, 4) is 5.75 Å². The number of ether oxygens (including phenoxy) is 1. The highest BCUT2D eigenvalue weighted by atomic mass is 35.5. The van der Waals surface area contributed by atoms with Gasteiger partial charge in [-0.05, 0) is 44.2 Å². The second-order valence-electron chi connectivity index (χ2n) is 6.40. The fourth-order valence-electron chi connectivity index (χ4n) is 2.81. The third-order valence-electron chi connectivity index (χ3n) is 4.16. The van der Waals surface area contributed by atoms with Crippen LogP contribution >= 0.6 is 11.6 Å². The molecular formula is C18H26ClN3O3. The molecule has 0 saturated heterocycles. The summed E-state index contributed by atoms with van der Waals surface area (Å²) in [6, 6.07) is 6.91. The van der Waals surface area contributed by atoms with Gasteiger partial charge >= 0.3 is 6.03 Å². The van der Waals surface area contributed by atoms with Gasteiger partial charge in [-0.15, -0.1) is 0 Å². The van der Waals surface area contributed by atoms with Crippen LogP contribution in [0.1, 0.15) is 32.1 Å². The summed E-state index contributed by atoms with van der Waals surface area (Å²) in [5, 5.41) is 5.91. The largest absolute Gasteiger partial charge is 0.492 e. The van der Waals surface area contributed by atoms with Gasteiger partial charge < -0.3 is 10.1 Å². The molecule has 1 aromatic rings. The van der Waals surface area contributed by atoms with Crippen molar-refractivity contribution in [3.63, 3.8) is 0 Å². The lowest BCUT2D eigenvalue weighted by molar-refractivity contribution is -0.120. The SMILES string of the molecule is CN(CCOc1ccc(Cl)cc1)CC(=O)NC(=O)NC1CCCCC1. The maximum atomic E-state index is 11.9. The predicted molar refractivity (Wildman–Crippen MR) is 98.0 cm³/mol. The summed E-state index contributed by atoms with van der Waals surface area (Å²) < 4.78 is 5.58. The number of urea groups is 1. The quantitative estimate of drug-likeness (QED) is 0.777. The monoisotopic (exact) mass is 367 g/mol. The van der Waals surface area contributed by atoms with Crippen molar-refractivity contribution < 1.29 is 14.3 Å². The molecular weight excluding hydrogens is 342 g/mol. The molecule has 138 valence electrons. The molecule has 3 amide bonds. The average Bonchev–Trinajstić information content (AvgIpc) is 2.57. The lowest BCUT2D eigenvalue weighted by Gasteiger charge is -2.23. The molecule has 7 heteroatoms. The van der Waals surface area contributed by atoms with E-state index < -0.39 is 6.03 Å². The summed E-state index contributed by atoms with van der Waals surface area (Å²) in [6.07, 6.45) is 5.47. The molecule has 2 N–H and O–H groups in total. The minimum absolute atomic E-state index is 0.141. The van der Waals surface area contributed by atoms with Crippen LogP contribution in [0.2, 0.25) is 5.02 Å². The first-order valence-electron chi connectivity index (χ1n) is 8.70. The highest BCUT2D eigenvalue weighted by Gasteiger charge is 2.17. The Labute approximate surface area is 153 Å². The van der Waals surface area contributed by atoms with Crippen LogP contribution in [0.3, 0.4) is 0 Å². The molecule has 1 aromatic carbocycles. The summed E-state index contributed by atoms with van der Waals surface area (Å²) in [5.74, 6) is 0.413. The maximum absolute atomic E-state index is 11.9. The van der Waals surface area contributed by atoms with Crippen LogP contribution in [-0.4, -0.2) is 49.6 Å². The van der Waals surface area contributed by atoms with E-state index in [0.29, 0.717) is 18.2 Å². The topological polar surface area (TPSA) is 70.7 Å². The number of amides is 3. The van der Waals surface area contributed by atoms with Crippen LogP contribution in [0, 0.1) is 0 Å². The zero-order valence-electron chi connectivity index (χ0n) is 14.6. The van der Waals surface area contributed by atoms with Crippen molar-refractivity contribution in [1.82, 2.24) is 15.5 Å². The van der Waals surface area contributed by atoms with Gasteiger partial charge in [-0.2, -0.15) is 0 Å². The van der Waals surface area contributed by atoms with E-state index >= 15 is 0 Å². The summed E-state index contributed by atoms with van der Waals surface area (Å²) in [7, 11) is 1.81. The molecule has 0 radical (unpaired) electrons. The molecule has 0 aromatic heterocycles. The fraction of sp³-hybridized carbons (Fsp3) is 0.556. The molecule has 1 aliphatic carbocycles. The Hall–Kier alpha value is -1.79. The molecule has 6 nitrogen and oxygen atoms in total.